The normalized spacial score (nSPS) is 19.7. The topological polar surface area (TPSA) is 97.3 Å². The van der Waals surface area contributed by atoms with Crippen LogP contribution in [0.15, 0.2) is 35.8 Å². The van der Waals surface area contributed by atoms with Crippen LogP contribution >= 0.6 is 0 Å². The summed E-state index contributed by atoms with van der Waals surface area (Å²) >= 11 is 0. The van der Waals surface area contributed by atoms with Gasteiger partial charge in [0.1, 0.15) is 18.3 Å². The number of aromatic amines is 1. The van der Waals surface area contributed by atoms with Crippen LogP contribution < -0.4 is 9.80 Å². The fourth-order valence-electron chi connectivity index (χ4n) is 3.07. The summed E-state index contributed by atoms with van der Waals surface area (Å²) in [6, 6.07) is 4.56. The van der Waals surface area contributed by atoms with Crippen LogP contribution in [0.1, 0.15) is 5.69 Å². The number of hydrogen-bond acceptors (Lipinski definition) is 7. The number of amides is 1. The summed E-state index contributed by atoms with van der Waals surface area (Å²) in [7, 11) is 0. The van der Waals surface area contributed by atoms with Crippen LogP contribution in [0.25, 0.3) is 0 Å². The Kier molecular flexibility index (Phi) is 4.63. The average Bonchev–Trinajstić information content (AvgIpc) is 3.32. The van der Waals surface area contributed by atoms with Gasteiger partial charge in [0.15, 0.2) is 0 Å². The summed E-state index contributed by atoms with van der Waals surface area (Å²) in [5.41, 5.74) is 1.73. The average molecular weight is 374 g/mol. The predicted octanol–water partition coefficient (Wildman–Crippen LogP) is 1.13. The van der Waals surface area contributed by atoms with E-state index >= 15 is 0 Å². The van der Waals surface area contributed by atoms with E-state index in [1.807, 2.05) is 5.01 Å². The molecule has 0 unspecified atom stereocenters. The molecule has 1 amide bonds. The number of hydrazone groups is 1. The third-order valence-electron chi connectivity index (χ3n) is 4.49. The first-order chi connectivity index (χ1) is 13.1. The number of benzene rings is 1. The van der Waals surface area contributed by atoms with Crippen molar-refractivity contribution < 1.29 is 19.0 Å². The highest BCUT2D eigenvalue weighted by molar-refractivity contribution is 5.90. The molecule has 0 saturated carbocycles. The van der Waals surface area contributed by atoms with E-state index in [-0.39, 0.29) is 13.2 Å². The molecule has 1 fully saturated rings. The number of aliphatic hydroxyl groups is 1. The van der Waals surface area contributed by atoms with Gasteiger partial charge in [-0.1, -0.05) is 0 Å². The van der Waals surface area contributed by atoms with Gasteiger partial charge < -0.3 is 19.7 Å². The van der Waals surface area contributed by atoms with Gasteiger partial charge >= 0.3 is 6.09 Å². The maximum absolute atomic E-state index is 14.6. The van der Waals surface area contributed by atoms with Gasteiger partial charge in [-0.2, -0.15) is 5.10 Å². The van der Waals surface area contributed by atoms with Crippen molar-refractivity contribution in [3.8, 4) is 0 Å². The number of nitrogens with one attached hydrogen (secondary N) is 1. The number of aliphatic hydroxyl groups excluding tert-OH is 1. The SMILES string of the molecule is O=C1O[C@@H](CO)CN1c1ccc(N2C=NN(Cc3cnc[nH]3)CC2)c(F)c1. The Bertz CT molecular complexity index is 843. The number of H-pyrrole nitrogens is 1. The summed E-state index contributed by atoms with van der Waals surface area (Å²) in [6.45, 7) is 1.75. The zero-order chi connectivity index (χ0) is 18.8. The zero-order valence-corrected chi connectivity index (χ0v) is 14.5. The highest BCUT2D eigenvalue weighted by Gasteiger charge is 2.32. The largest absolute Gasteiger partial charge is 0.441 e. The first-order valence-electron chi connectivity index (χ1n) is 8.55. The standard InChI is InChI=1S/C17H19FN6O3/c18-15-5-13(24-8-14(9-25)27-17(24)26)1-2-16(15)22-3-4-23(21-11-22)7-12-6-19-10-20-12/h1-2,5-6,10-11,14,25H,3-4,7-9H2,(H,19,20)/t14-/m1/s1. The van der Waals surface area contributed by atoms with Gasteiger partial charge in [0.05, 0.1) is 49.6 Å². The number of ether oxygens (including phenoxy) is 1. The Hall–Kier alpha value is -3.14. The minimum absolute atomic E-state index is 0.196. The Balaban J connectivity index is 1.45. The first kappa shape index (κ1) is 17.3. The van der Waals surface area contributed by atoms with Crippen LogP contribution in [0.3, 0.4) is 0 Å². The highest BCUT2D eigenvalue weighted by Crippen LogP contribution is 2.28. The van der Waals surface area contributed by atoms with Crippen molar-refractivity contribution in [2.75, 3.05) is 36.0 Å². The predicted molar refractivity (Wildman–Crippen MR) is 95.9 cm³/mol. The molecule has 10 heteroatoms. The number of imidazole rings is 1. The van der Waals surface area contributed by atoms with E-state index in [1.54, 1.807) is 35.9 Å². The number of carbonyl (C=O) groups is 1. The van der Waals surface area contributed by atoms with Gasteiger partial charge in [0.25, 0.3) is 0 Å². The number of anilines is 2. The second kappa shape index (κ2) is 7.23. The van der Waals surface area contributed by atoms with Crippen molar-refractivity contribution in [1.82, 2.24) is 15.0 Å². The molecule has 2 aromatic rings. The third-order valence-corrected chi connectivity index (χ3v) is 4.49. The molecule has 1 aromatic carbocycles. The number of hydrogen-bond donors (Lipinski definition) is 2. The van der Waals surface area contributed by atoms with Gasteiger partial charge in [0.2, 0.25) is 0 Å². The number of halogens is 1. The monoisotopic (exact) mass is 374 g/mol. The van der Waals surface area contributed by atoms with E-state index in [4.69, 9.17) is 9.84 Å². The van der Waals surface area contributed by atoms with Crippen molar-refractivity contribution in [2.45, 2.75) is 12.6 Å². The lowest BCUT2D eigenvalue weighted by Gasteiger charge is -2.30. The first-order valence-corrected chi connectivity index (χ1v) is 8.55. The van der Waals surface area contributed by atoms with E-state index in [1.165, 1.54) is 11.0 Å². The molecule has 2 aliphatic heterocycles. The second-order valence-electron chi connectivity index (χ2n) is 6.32. The van der Waals surface area contributed by atoms with Crippen LogP contribution in [0.5, 0.6) is 0 Å². The highest BCUT2D eigenvalue weighted by atomic mass is 19.1. The summed E-state index contributed by atoms with van der Waals surface area (Å²) in [5, 5.41) is 15.3. The minimum Gasteiger partial charge on any atom is -0.441 e. The molecule has 1 atom stereocenters. The Morgan fingerprint density at radius 3 is 2.89 bits per heavy atom. The lowest BCUT2D eigenvalue weighted by molar-refractivity contribution is 0.0963. The molecular weight excluding hydrogens is 355 g/mol. The van der Waals surface area contributed by atoms with E-state index in [9.17, 15) is 9.18 Å². The van der Waals surface area contributed by atoms with Gasteiger partial charge in [0, 0.05) is 12.7 Å². The molecule has 9 nitrogen and oxygen atoms in total. The van der Waals surface area contributed by atoms with Crippen molar-refractivity contribution in [3.05, 3.63) is 42.2 Å². The molecule has 0 spiro atoms. The van der Waals surface area contributed by atoms with Crippen LogP contribution in [0.2, 0.25) is 0 Å². The molecule has 1 saturated heterocycles. The van der Waals surface area contributed by atoms with Crippen LogP contribution in [0, 0.1) is 5.82 Å². The van der Waals surface area contributed by atoms with Gasteiger partial charge in [-0.05, 0) is 18.2 Å². The number of aromatic nitrogens is 2. The van der Waals surface area contributed by atoms with Gasteiger partial charge in [-0.3, -0.25) is 9.91 Å². The maximum Gasteiger partial charge on any atom is 0.414 e. The lowest BCUT2D eigenvalue weighted by Crippen LogP contribution is -2.38. The molecule has 1 aromatic heterocycles. The van der Waals surface area contributed by atoms with E-state index in [2.05, 4.69) is 15.1 Å². The summed E-state index contributed by atoms with van der Waals surface area (Å²) in [5.74, 6) is -0.457. The number of cyclic esters (lactones) is 1. The molecule has 2 N–H and O–H groups in total. The fraction of sp³-hybridized carbons (Fsp3) is 0.353. The number of rotatable bonds is 5. The maximum atomic E-state index is 14.6. The van der Waals surface area contributed by atoms with Crippen molar-refractivity contribution in [2.24, 2.45) is 5.10 Å². The number of nitrogens with zero attached hydrogens (tertiary/aromatic N) is 5. The van der Waals surface area contributed by atoms with E-state index < -0.39 is 18.0 Å². The summed E-state index contributed by atoms with van der Waals surface area (Å²) in [4.78, 5) is 21.9. The fourth-order valence-corrected chi connectivity index (χ4v) is 3.07. The molecule has 142 valence electrons. The molecule has 0 bridgehead atoms. The molecule has 3 heterocycles. The van der Waals surface area contributed by atoms with Crippen LogP contribution in [-0.2, 0) is 11.3 Å². The molecule has 0 radical (unpaired) electrons. The van der Waals surface area contributed by atoms with Crippen molar-refractivity contribution >= 4 is 23.8 Å². The Labute approximate surface area is 154 Å². The van der Waals surface area contributed by atoms with Crippen molar-refractivity contribution in [3.63, 3.8) is 0 Å². The van der Waals surface area contributed by atoms with Crippen LogP contribution in [-0.4, -0.2) is 64.9 Å². The third kappa shape index (κ3) is 3.56. The molecule has 27 heavy (non-hydrogen) atoms. The Morgan fingerprint density at radius 1 is 1.37 bits per heavy atom. The molecule has 0 aliphatic carbocycles. The number of carbonyl (C=O) groups excluding carboxylic acids is 1. The lowest BCUT2D eigenvalue weighted by atomic mass is 10.2. The molecule has 4 rings (SSSR count). The Morgan fingerprint density at radius 2 is 2.26 bits per heavy atom. The van der Waals surface area contributed by atoms with Crippen LogP contribution in [0.4, 0.5) is 20.6 Å². The molecule has 2 aliphatic rings. The zero-order valence-electron chi connectivity index (χ0n) is 14.5. The molecular formula is C17H19FN6O3. The van der Waals surface area contributed by atoms with E-state index in [0.717, 1.165) is 5.69 Å². The summed E-state index contributed by atoms with van der Waals surface area (Å²) < 4.78 is 19.6. The van der Waals surface area contributed by atoms with Gasteiger partial charge in [-0.15, -0.1) is 0 Å². The van der Waals surface area contributed by atoms with Gasteiger partial charge in [-0.25, -0.2) is 14.2 Å². The summed E-state index contributed by atoms with van der Waals surface area (Å²) in [6.07, 6.45) is 3.77. The van der Waals surface area contributed by atoms with Crippen molar-refractivity contribution in [1.29, 1.82) is 0 Å². The van der Waals surface area contributed by atoms with E-state index in [0.29, 0.717) is 31.0 Å². The quantitative estimate of drug-likeness (QED) is 0.814. The minimum atomic E-state index is -0.588. The smallest absolute Gasteiger partial charge is 0.414 e. The second-order valence-corrected chi connectivity index (χ2v) is 6.32.